The van der Waals surface area contributed by atoms with E-state index in [9.17, 15) is 0 Å². The standard InChI is InChI=1S/C14H18ClN3/c1-10-3-4-12(7-13(10)15)14-8-17-9-18(14)6-5-11(2)16/h3-4,7-9,11H,5-6,16H2,1-2H3. The topological polar surface area (TPSA) is 43.8 Å². The summed E-state index contributed by atoms with van der Waals surface area (Å²) in [4.78, 5) is 4.21. The molecule has 1 atom stereocenters. The van der Waals surface area contributed by atoms with Crippen LogP contribution in [0.1, 0.15) is 18.9 Å². The van der Waals surface area contributed by atoms with E-state index in [1.165, 1.54) is 0 Å². The van der Waals surface area contributed by atoms with Crippen molar-refractivity contribution in [2.75, 3.05) is 0 Å². The number of nitrogens with zero attached hydrogens (tertiary/aromatic N) is 2. The molecule has 1 aromatic heterocycles. The molecule has 1 heterocycles. The van der Waals surface area contributed by atoms with Gasteiger partial charge in [-0.2, -0.15) is 0 Å². The van der Waals surface area contributed by atoms with Gasteiger partial charge in [-0.3, -0.25) is 0 Å². The fourth-order valence-electron chi connectivity index (χ4n) is 1.83. The zero-order valence-corrected chi connectivity index (χ0v) is 11.5. The molecular weight excluding hydrogens is 246 g/mol. The van der Waals surface area contributed by atoms with Crippen LogP contribution in [-0.2, 0) is 6.54 Å². The fraction of sp³-hybridized carbons (Fsp3) is 0.357. The molecule has 18 heavy (non-hydrogen) atoms. The zero-order valence-electron chi connectivity index (χ0n) is 10.7. The third kappa shape index (κ3) is 2.92. The number of benzene rings is 1. The molecule has 2 N–H and O–H groups in total. The summed E-state index contributed by atoms with van der Waals surface area (Å²) in [5.41, 5.74) is 9.04. The van der Waals surface area contributed by atoms with Gasteiger partial charge < -0.3 is 10.3 Å². The van der Waals surface area contributed by atoms with Crippen LogP contribution in [0, 0.1) is 6.92 Å². The normalized spacial score (nSPS) is 12.7. The lowest BCUT2D eigenvalue weighted by Crippen LogP contribution is -2.17. The molecular formula is C14H18ClN3. The highest BCUT2D eigenvalue weighted by atomic mass is 35.5. The highest BCUT2D eigenvalue weighted by Gasteiger charge is 2.07. The van der Waals surface area contributed by atoms with Crippen molar-refractivity contribution in [3.8, 4) is 11.3 Å². The highest BCUT2D eigenvalue weighted by molar-refractivity contribution is 6.31. The average Bonchev–Trinajstić information content (AvgIpc) is 2.78. The summed E-state index contributed by atoms with van der Waals surface area (Å²) in [6.07, 6.45) is 4.64. The molecule has 1 unspecified atom stereocenters. The molecule has 0 radical (unpaired) electrons. The summed E-state index contributed by atoms with van der Waals surface area (Å²) in [6, 6.07) is 6.28. The van der Waals surface area contributed by atoms with Crippen molar-refractivity contribution in [3.63, 3.8) is 0 Å². The van der Waals surface area contributed by atoms with Crippen molar-refractivity contribution >= 4 is 11.6 Å². The lowest BCUT2D eigenvalue weighted by atomic mass is 10.1. The number of hydrogen-bond acceptors (Lipinski definition) is 2. The molecule has 2 aromatic rings. The van der Waals surface area contributed by atoms with Crippen molar-refractivity contribution in [3.05, 3.63) is 41.3 Å². The van der Waals surface area contributed by atoms with Crippen molar-refractivity contribution in [2.45, 2.75) is 32.9 Å². The third-order valence-corrected chi connectivity index (χ3v) is 3.41. The van der Waals surface area contributed by atoms with E-state index in [0.29, 0.717) is 0 Å². The first-order chi connectivity index (χ1) is 8.58. The number of halogens is 1. The number of rotatable bonds is 4. The number of nitrogens with two attached hydrogens (primary N) is 1. The van der Waals surface area contributed by atoms with Gasteiger partial charge in [-0.25, -0.2) is 4.98 Å². The van der Waals surface area contributed by atoms with Crippen LogP contribution < -0.4 is 5.73 Å². The van der Waals surface area contributed by atoms with Gasteiger partial charge in [-0.1, -0.05) is 23.7 Å². The minimum absolute atomic E-state index is 0.196. The van der Waals surface area contributed by atoms with Crippen LogP contribution in [0.25, 0.3) is 11.3 Å². The number of aromatic nitrogens is 2. The van der Waals surface area contributed by atoms with Gasteiger partial charge in [0, 0.05) is 23.2 Å². The van der Waals surface area contributed by atoms with E-state index < -0.39 is 0 Å². The Labute approximate surface area is 113 Å². The molecule has 96 valence electrons. The number of aryl methyl sites for hydroxylation is 2. The van der Waals surface area contributed by atoms with Crippen molar-refractivity contribution in [1.82, 2.24) is 9.55 Å². The quantitative estimate of drug-likeness (QED) is 0.920. The molecule has 0 aliphatic carbocycles. The first kappa shape index (κ1) is 13.1. The summed E-state index contributed by atoms with van der Waals surface area (Å²) in [6.45, 7) is 4.89. The number of hydrogen-bond donors (Lipinski definition) is 1. The third-order valence-electron chi connectivity index (χ3n) is 3.01. The van der Waals surface area contributed by atoms with Crippen LogP contribution in [-0.4, -0.2) is 15.6 Å². The summed E-state index contributed by atoms with van der Waals surface area (Å²) in [5.74, 6) is 0. The van der Waals surface area contributed by atoms with Gasteiger partial charge in [0.15, 0.2) is 0 Å². The SMILES string of the molecule is Cc1ccc(-c2cncn2CCC(C)N)cc1Cl. The van der Waals surface area contributed by atoms with Crippen LogP contribution in [0.3, 0.4) is 0 Å². The van der Waals surface area contributed by atoms with Gasteiger partial charge in [0.2, 0.25) is 0 Å². The van der Waals surface area contributed by atoms with Crippen LogP contribution in [0.15, 0.2) is 30.7 Å². The van der Waals surface area contributed by atoms with E-state index in [2.05, 4.69) is 15.6 Å². The van der Waals surface area contributed by atoms with E-state index in [0.717, 1.165) is 34.8 Å². The molecule has 0 aliphatic rings. The first-order valence-electron chi connectivity index (χ1n) is 6.10. The molecule has 0 bridgehead atoms. The maximum atomic E-state index is 6.16. The molecule has 0 aliphatic heterocycles. The van der Waals surface area contributed by atoms with Crippen LogP contribution >= 0.6 is 11.6 Å². The van der Waals surface area contributed by atoms with Crippen molar-refractivity contribution in [1.29, 1.82) is 0 Å². The monoisotopic (exact) mass is 263 g/mol. The Hall–Kier alpha value is -1.32. The Morgan fingerprint density at radius 2 is 2.22 bits per heavy atom. The summed E-state index contributed by atoms with van der Waals surface area (Å²) >= 11 is 6.16. The molecule has 3 nitrogen and oxygen atoms in total. The minimum atomic E-state index is 0.196. The van der Waals surface area contributed by atoms with Gasteiger partial charge in [0.25, 0.3) is 0 Å². The van der Waals surface area contributed by atoms with E-state index in [-0.39, 0.29) is 6.04 Å². The minimum Gasteiger partial charge on any atom is -0.331 e. The van der Waals surface area contributed by atoms with Gasteiger partial charge in [-0.05, 0) is 31.9 Å². The van der Waals surface area contributed by atoms with Crippen molar-refractivity contribution < 1.29 is 0 Å². The molecule has 0 saturated carbocycles. The highest BCUT2D eigenvalue weighted by Crippen LogP contribution is 2.25. The van der Waals surface area contributed by atoms with Gasteiger partial charge in [0.1, 0.15) is 0 Å². The molecule has 4 heteroatoms. The smallest absolute Gasteiger partial charge is 0.0950 e. The van der Waals surface area contributed by atoms with Crippen LogP contribution in [0.4, 0.5) is 0 Å². The molecule has 2 rings (SSSR count). The molecule has 0 fully saturated rings. The molecule has 0 spiro atoms. The van der Waals surface area contributed by atoms with E-state index in [1.807, 2.05) is 38.5 Å². The van der Waals surface area contributed by atoms with Gasteiger partial charge in [0.05, 0.1) is 18.2 Å². The summed E-state index contributed by atoms with van der Waals surface area (Å²) in [7, 11) is 0. The summed E-state index contributed by atoms with van der Waals surface area (Å²) < 4.78 is 2.12. The van der Waals surface area contributed by atoms with Crippen LogP contribution in [0.2, 0.25) is 5.02 Å². The van der Waals surface area contributed by atoms with Gasteiger partial charge >= 0.3 is 0 Å². The second kappa shape index (κ2) is 5.55. The Balaban J connectivity index is 2.27. The maximum absolute atomic E-state index is 6.16. The zero-order chi connectivity index (χ0) is 13.1. The lowest BCUT2D eigenvalue weighted by Gasteiger charge is -2.10. The molecule has 0 amide bonds. The van der Waals surface area contributed by atoms with E-state index in [4.69, 9.17) is 17.3 Å². The Morgan fingerprint density at radius 3 is 2.89 bits per heavy atom. The fourth-order valence-corrected chi connectivity index (χ4v) is 2.01. The largest absolute Gasteiger partial charge is 0.331 e. The predicted molar refractivity (Wildman–Crippen MR) is 75.7 cm³/mol. The Morgan fingerprint density at radius 1 is 1.44 bits per heavy atom. The summed E-state index contributed by atoms with van der Waals surface area (Å²) in [5, 5.41) is 0.785. The molecule has 1 aromatic carbocycles. The van der Waals surface area contributed by atoms with Crippen LogP contribution in [0.5, 0.6) is 0 Å². The van der Waals surface area contributed by atoms with Crippen molar-refractivity contribution in [2.24, 2.45) is 5.73 Å². The Kier molecular flexibility index (Phi) is 4.04. The van der Waals surface area contributed by atoms with Gasteiger partial charge in [-0.15, -0.1) is 0 Å². The molecule has 0 saturated heterocycles. The average molecular weight is 264 g/mol. The predicted octanol–water partition coefficient (Wildman–Crippen LogP) is 3.25. The Bertz CT molecular complexity index is 532. The lowest BCUT2D eigenvalue weighted by molar-refractivity contribution is 0.573. The second-order valence-electron chi connectivity index (χ2n) is 4.70. The second-order valence-corrected chi connectivity index (χ2v) is 5.11. The first-order valence-corrected chi connectivity index (χ1v) is 6.48. The van der Waals surface area contributed by atoms with E-state index >= 15 is 0 Å². The van der Waals surface area contributed by atoms with E-state index in [1.54, 1.807) is 0 Å². The maximum Gasteiger partial charge on any atom is 0.0950 e. The number of imidazole rings is 1.